The molecule has 4 aromatic rings. The maximum absolute atomic E-state index is 12.8. The van der Waals surface area contributed by atoms with Gasteiger partial charge in [0.2, 0.25) is 5.89 Å². The van der Waals surface area contributed by atoms with Gasteiger partial charge >= 0.3 is 5.97 Å². The van der Waals surface area contributed by atoms with Crippen molar-refractivity contribution in [2.24, 2.45) is 0 Å². The van der Waals surface area contributed by atoms with Gasteiger partial charge in [0.15, 0.2) is 6.10 Å². The molecule has 0 spiro atoms. The fourth-order valence-corrected chi connectivity index (χ4v) is 3.03. The SMILES string of the molecule is COc1cc2ccccc2cc1C(=O)O[C@@H](C)c1nnc(-c2ccc(C)cc2)o1. The lowest BCUT2D eigenvalue weighted by Crippen LogP contribution is -2.11. The number of hydrogen-bond donors (Lipinski definition) is 0. The molecule has 0 saturated heterocycles. The number of benzene rings is 3. The van der Waals surface area contributed by atoms with Gasteiger partial charge in [-0.1, -0.05) is 42.0 Å². The van der Waals surface area contributed by atoms with Crippen LogP contribution in [0.2, 0.25) is 0 Å². The third kappa shape index (κ3) is 3.82. The van der Waals surface area contributed by atoms with E-state index in [4.69, 9.17) is 13.9 Å². The standard InChI is InChI=1S/C23H20N2O4/c1-14-8-10-16(11-9-14)22-25-24-21(29-22)15(2)28-23(26)19-12-17-6-4-5-7-18(17)13-20(19)27-3/h4-13,15H,1-3H3/t15-/m0/s1. The van der Waals surface area contributed by atoms with E-state index in [1.807, 2.05) is 61.5 Å². The first-order valence-corrected chi connectivity index (χ1v) is 9.23. The molecule has 0 saturated carbocycles. The molecule has 0 unspecified atom stereocenters. The average molecular weight is 388 g/mol. The van der Waals surface area contributed by atoms with Crippen LogP contribution in [0.25, 0.3) is 22.2 Å². The predicted molar refractivity (Wildman–Crippen MR) is 109 cm³/mol. The summed E-state index contributed by atoms with van der Waals surface area (Å²) in [6.45, 7) is 3.70. The molecular weight excluding hydrogens is 368 g/mol. The van der Waals surface area contributed by atoms with Gasteiger partial charge in [-0.3, -0.25) is 0 Å². The van der Waals surface area contributed by atoms with Crippen molar-refractivity contribution in [2.45, 2.75) is 20.0 Å². The predicted octanol–water partition coefficient (Wildman–Crippen LogP) is 5.12. The van der Waals surface area contributed by atoms with E-state index in [0.29, 0.717) is 17.2 Å². The van der Waals surface area contributed by atoms with E-state index in [1.54, 1.807) is 13.0 Å². The van der Waals surface area contributed by atoms with E-state index in [0.717, 1.165) is 21.9 Å². The smallest absolute Gasteiger partial charge is 0.342 e. The Morgan fingerprint density at radius 3 is 2.38 bits per heavy atom. The number of carbonyl (C=O) groups excluding carboxylic acids is 1. The van der Waals surface area contributed by atoms with E-state index >= 15 is 0 Å². The number of rotatable bonds is 5. The maximum Gasteiger partial charge on any atom is 0.342 e. The quantitative estimate of drug-likeness (QED) is 0.442. The van der Waals surface area contributed by atoms with Gasteiger partial charge in [-0.05, 0) is 48.9 Å². The Morgan fingerprint density at radius 2 is 1.69 bits per heavy atom. The summed E-state index contributed by atoms with van der Waals surface area (Å²) < 4.78 is 16.7. The van der Waals surface area contributed by atoms with Crippen LogP contribution in [0.15, 0.2) is 65.1 Å². The van der Waals surface area contributed by atoms with Crippen molar-refractivity contribution in [2.75, 3.05) is 7.11 Å². The Kier molecular flexibility index (Phi) is 4.99. The molecule has 0 radical (unpaired) electrons. The second-order valence-electron chi connectivity index (χ2n) is 6.76. The molecule has 1 heterocycles. The minimum absolute atomic E-state index is 0.230. The van der Waals surface area contributed by atoms with Gasteiger partial charge in [0.1, 0.15) is 11.3 Å². The van der Waals surface area contributed by atoms with Crippen LogP contribution in [-0.2, 0) is 4.74 Å². The zero-order chi connectivity index (χ0) is 20.4. The zero-order valence-corrected chi connectivity index (χ0v) is 16.4. The van der Waals surface area contributed by atoms with Crippen LogP contribution in [0, 0.1) is 6.92 Å². The number of aromatic nitrogens is 2. The Labute approximate surface area is 168 Å². The highest BCUT2D eigenvalue weighted by molar-refractivity contribution is 5.98. The largest absolute Gasteiger partial charge is 0.496 e. The lowest BCUT2D eigenvalue weighted by molar-refractivity contribution is 0.0276. The highest BCUT2D eigenvalue weighted by Crippen LogP contribution is 2.29. The first-order valence-electron chi connectivity index (χ1n) is 9.23. The summed E-state index contributed by atoms with van der Waals surface area (Å²) in [5, 5.41) is 9.99. The van der Waals surface area contributed by atoms with E-state index in [1.165, 1.54) is 7.11 Å². The van der Waals surface area contributed by atoms with Crippen molar-refractivity contribution in [1.82, 2.24) is 10.2 Å². The van der Waals surface area contributed by atoms with Crippen LogP contribution >= 0.6 is 0 Å². The molecule has 0 aliphatic rings. The van der Waals surface area contributed by atoms with Crippen LogP contribution in [0.4, 0.5) is 0 Å². The normalized spacial score (nSPS) is 12.0. The number of aryl methyl sites for hydroxylation is 1. The number of fused-ring (bicyclic) bond motifs is 1. The molecule has 6 heteroatoms. The molecule has 0 aliphatic carbocycles. The summed E-state index contributed by atoms with van der Waals surface area (Å²) >= 11 is 0. The van der Waals surface area contributed by atoms with Gasteiger partial charge in [0, 0.05) is 5.56 Å². The summed E-state index contributed by atoms with van der Waals surface area (Å²) in [4.78, 5) is 12.8. The van der Waals surface area contributed by atoms with Crippen molar-refractivity contribution >= 4 is 16.7 Å². The Balaban J connectivity index is 1.56. The van der Waals surface area contributed by atoms with E-state index in [-0.39, 0.29) is 5.89 Å². The van der Waals surface area contributed by atoms with Gasteiger partial charge in [0.25, 0.3) is 5.89 Å². The van der Waals surface area contributed by atoms with Crippen LogP contribution < -0.4 is 4.74 Å². The lowest BCUT2D eigenvalue weighted by atomic mass is 10.1. The van der Waals surface area contributed by atoms with Gasteiger partial charge in [-0.25, -0.2) is 4.79 Å². The maximum atomic E-state index is 12.8. The average Bonchev–Trinajstić information content (AvgIpc) is 3.23. The molecule has 0 aliphatic heterocycles. The first kappa shape index (κ1) is 18.7. The number of esters is 1. The van der Waals surface area contributed by atoms with Crippen LogP contribution in [-0.4, -0.2) is 23.3 Å². The van der Waals surface area contributed by atoms with Crippen LogP contribution in [0.3, 0.4) is 0 Å². The summed E-state index contributed by atoms with van der Waals surface area (Å²) in [5.74, 6) is 0.543. The molecule has 6 nitrogen and oxygen atoms in total. The molecule has 0 amide bonds. The molecule has 3 aromatic carbocycles. The fourth-order valence-electron chi connectivity index (χ4n) is 3.03. The number of hydrogen-bond acceptors (Lipinski definition) is 6. The number of carbonyl (C=O) groups is 1. The van der Waals surface area contributed by atoms with Gasteiger partial charge in [-0.2, -0.15) is 0 Å². The zero-order valence-electron chi connectivity index (χ0n) is 16.4. The Morgan fingerprint density at radius 1 is 1.00 bits per heavy atom. The van der Waals surface area contributed by atoms with Crippen LogP contribution in [0.1, 0.15) is 34.8 Å². The molecular formula is C23H20N2O4. The van der Waals surface area contributed by atoms with Crippen molar-refractivity contribution in [3.8, 4) is 17.2 Å². The molecule has 0 fully saturated rings. The van der Waals surface area contributed by atoms with Crippen molar-refractivity contribution in [3.05, 3.63) is 77.7 Å². The van der Waals surface area contributed by atoms with Gasteiger partial charge < -0.3 is 13.9 Å². The minimum atomic E-state index is -0.703. The molecule has 0 bridgehead atoms. The monoisotopic (exact) mass is 388 g/mol. The molecule has 1 aromatic heterocycles. The lowest BCUT2D eigenvalue weighted by Gasteiger charge is -2.13. The molecule has 4 rings (SSSR count). The third-order valence-corrected chi connectivity index (χ3v) is 4.66. The molecule has 146 valence electrons. The molecule has 1 atom stereocenters. The van der Waals surface area contributed by atoms with E-state index < -0.39 is 12.1 Å². The van der Waals surface area contributed by atoms with Crippen molar-refractivity contribution < 1.29 is 18.7 Å². The van der Waals surface area contributed by atoms with Gasteiger partial charge in [0.05, 0.1) is 7.11 Å². The number of ether oxygens (including phenoxy) is 2. The van der Waals surface area contributed by atoms with E-state index in [2.05, 4.69) is 10.2 Å². The molecule has 29 heavy (non-hydrogen) atoms. The topological polar surface area (TPSA) is 74.5 Å². The number of methoxy groups -OCH3 is 1. The Bertz CT molecular complexity index is 1170. The van der Waals surface area contributed by atoms with Crippen LogP contribution in [0.5, 0.6) is 5.75 Å². The summed E-state index contributed by atoms with van der Waals surface area (Å²) in [5.41, 5.74) is 2.29. The summed E-state index contributed by atoms with van der Waals surface area (Å²) in [6, 6.07) is 19.1. The van der Waals surface area contributed by atoms with Crippen molar-refractivity contribution in [3.63, 3.8) is 0 Å². The second-order valence-corrected chi connectivity index (χ2v) is 6.76. The third-order valence-electron chi connectivity index (χ3n) is 4.66. The Hall–Kier alpha value is -3.67. The minimum Gasteiger partial charge on any atom is -0.496 e. The second kappa shape index (κ2) is 7.75. The highest BCUT2D eigenvalue weighted by Gasteiger charge is 2.22. The summed E-state index contributed by atoms with van der Waals surface area (Å²) in [6.07, 6.45) is -0.703. The fraction of sp³-hybridized carbons (Fsp3) is 0.174. The summed E-state index contributed by atoms with van der Waals surface area (Å²) in [7, 11) is 1.52. The highest BCUT2D eigenvalue weighted by atomic mass is 16.6. The number of nitrogens with zero attached hydrogens (tertiary/aromatic N) is 2. The van der Waals surface area contributed by atoms with E-state index in [9.17, 15) is 4.79 Å². The first-order chi connectivity index (χ1) is 14.0. The van der Waals surface area contributed by atoms with Crippen molar-refractivity contribution in [1.29, 1.82) is 0 Å². The van der Waals surface area contributed by atoms with Gasteiger partial charge in [-0.15, -0.1) is 10.2 Å². The molecule has 0 N–H and O–H groups in total.